The third-order valence-electron chi connectivity index (χ3n) is 3.42. The van der Waals surface area contributed by atoms with E-state index in [0.29, 0.717) is 19.1 Å². The zero-order valence-corrected chi connectivity index (χ0v) is 14.0. The molecule has 24 heavy (non-hydrogen) atoms. The first-order valence-electron chi connectivity index (χ1n) is 8.08. The van der Waals surface area contributed by atoms with Crippen LogP contribution in [0.3, 0.4) is 0 Å². The molecule has 0 aliphatic heterocycles. The van der Waals surface area contributed by atoms with Gasteiger partial charge in [-0.1, -0.05) is 24.3 Å². The Morgan fingerprint density at radius 3 is 2.79 bits per heavy atom. The molecule has 0 unspecified atom stereocenters. The van der Waals surface area contributed by atoms with Crippen LogP contribution in [0.15, 0.2) is 53.7 Å². The average Bonchev–Trinajstić information content (AvgIpc) is 2.61. The molecule has 4 N–H and O–H groups in total. The molecule has 0 aliphatic carbocycles. The maximum atomic E-state index is 5.95. The number of unbranched alkanes of at least 4 members (excludes halogenated alkanes) is 1. The third kappa shape index (κ3) is 6.26. The molecule has 0 saturated carbocycles. The van der Waals surface area contributed by atoms with Gasteiger partial charge in [-0.3, -0.25) is 4.99 Å². The van der Waals surface area contributed by atoms with Crippen LogP contribution in [-0.2, 0) is 11.3 Å². The largest absolute Gasteiger partial charge is 0.380 e. The highest BCUT2D eigenvalue weighted by atomic mass is 16.5. The van der Waals surface area contributed by atoms with Crippen molar-refractivity contribution in [3.05, 3.63) is 54.2 Å². The highest BCUT2D eigenvalue weighted by molar-refractivity contribution is 5.92. The summed E-state index contributed by atoms with van der Waals surface area (Å²) in [6.07, 6.45) is 3.75. The van der Waals surface area contributed by atoms with Crippen LogP contribution in [0.5, 0.6) is 0 Å². The first kappa shape index (κ1) is 17.7. The molecule has 0 bridgehead atoms. The Morgan fingerprint density at radius 2 is 2.00 bits per heavy atom. The van der Waals surface area contributed by atoms with Gasteiger partial charge < -0.3 is 21.1 Å². The van der Waals surface area contributed by atoms with E-state index in [9.17, 15) is 0 Å². The van der Waals surface area contributed by atoms with E-state index >= 15 is 0 Å². The average molecular weight is 327 g/mol. The Morgan fingerprint density at radius 1 is 1.17 bits per heavy atom. The van der Waals surface area contributed by atoms with Crippen LogP contribution >= 0.6 is 0 Å². The van der Waals surface area contributed by atoms with Crippen molar-refractivity contribution in [2.45, 2.75) is 19.4 Å². The van der Waals surface area contributed by atoms with E-state index in [2.05, 4.69) is 20.6 Å². The van der Waals surface area contributed by atoms with E-state index in [0.717, 1.165) is 36.5 Å². The van der Waals surface area contributed by atoms with Crippen LogP contribution in [0, 0.1) is 0 Å². The number of aromatic nitrogens is 1. The number of guanidine groups is 1. The van der Waals surface area contributed by atoms with Crippen LogP contribution in [0.1, 0.15) is 18.4 Å². The number of ether oxygens (including phenoxy) is 1. The molecule has 2 aromatic rings. The van der Waals surface area contributed by atoms with Gasteiger partial charge >= 0.3 is 0 Å². The van der Waals surface area contributed by atoms with Gasteiger partial charge in [0.1, 0.15) is 5.82 Å². The minimum absolute atomic E-state index is 0.427. The molecular weight excluding hydrogens is 302 g/mol. The van der Waals surface area contributed by atoms with Gasteiger partial charge in [0, 0.05) is 37.6 Å². The molecule has 0 aliphatic rings. The smallest absolute Gasteiger partial charge is 0.193 e. The summed E-state index contributed by atoms with van der Waals surface area (Å²) in [6.45, 7) is 2.10. The maximum absolute atomic E-state index is 5.95. The quantitative estimate of drug-likeness (QED) is 0.375. The third-order valence-corrected chi connectivity index (χ3v) is 3.42. The number of rotatable bonds is 9. The van der Waals surface area contributed by atoms with E-state index in [1.54, 1.807) is 13.3 Å². The van der Waals surface area contributed by atoms with Gasteiger partial charge in [0.15, 0.2) is 5.96 Å². The molecule has 1 aromatic carbocycles. The zero-order chi connectivity index (χ0) is 17.0. The Bertz CT molecular complexity index is 630. The minimum atomic E-state index is 0.427. The van der Waals surface area contributed by atoms with Crippen LogP contribution < -0.4 is 16.4 Å². The summed E-state index contributed by atoms with van der Waals surface area (Å²) >= 11 is 0. The summed E-state index contributed by atoms with van der Waals surface area (Å²) in [5.41, 5.74) is 7.93. The molecule has 6 heteroatoms. The molecule has 1 aromatic heterocycles. The van der Waals surface area contributed by atoms with Crippen LogP contribution in [0.4, 0.5) is 11.5 Å². The lowest BCUT2D eigenvalue weighted by atomic mass is 10.2. The van der Waals surface area contributed by atoms with E-state index in [4.69, 9.17) is 10.5 Å². The van der Waals surface area contributed by atoms with E-state index < -0.39 is 0 Å². The van der Waals surface area contributed by atoms with Crippen molar-refractivity contribution < 1.29 is 4.74 Å². The Balaban J connectivity index is 1.68. The number of nitrogens with two attached hydrogens (primary N) is 1. The summed E-state index contributed by atoms with van der Waals surface area (Å²) in [5, 5.41) is 6.41. The lowest BCUT2D eigenvalue weighted by Gasteiger charge is -2.10. The zero-order valence-electron chi connectivity index (χ0n) is 14.0. The van der Waals surface area contributed by atoms with Crippen molar-refractivity contribution in [3.63, 3.8) is 0 Å². The number of methoxy groups -OCH3 is 1. The van der Waals surface area contributed by atoms with Crippen LogP contribution in [0.2, 0.25) is 0 Å². The summed E-state index contributed by atoms with van der Waals surface area (Å²) in [5.74, 6) is 1.33. The lowest BCUT2D eigenvalue weighted by molar-refractivity contribution is 0.185. The molecule has 0 amide bonds. The molecule has 6 nitrogen and oxygen atoms in total. The van der Waals surface area contributed by atoms with Crippen molar-refractivity contribution in [1.82, 2.24) is 4.98 Å². The number of para-hydroxylation sites is 1. The summed E-state index contributed by atoms with van der Waals surface area (Å²) in [4.78, 5) is 8.58. The Labute approximate surface area is 143 Å². The first-order valence-corrected chi connectivity index (χ1v) is 8.08. The summed E-state index contributed by atoms with van der Waals surface area (Å²) < 4.78 is 5.18. The molecular formula is C18H25N5O. The molecule has 0 atom stereocenters. The predicted molar refractivity (Wildman–Crippen MR) is 99.2 cm³/mol. The number of anilines is 2. The number of hydrogen-bond acceptors (Lipinski definition) is 4. The standard InChI is InChI=1S/C18H25N5O/c1-24-14-15-8-2-3-9-16(15)23-18(19)22-13-7-6-12-21-17-10-4-5-11-20-17/h2-5,8-11H,6-7,12-14H2,1H3,(H,20,21)(H3,19,22,23). The molecule has 0 saturated heterocycles. The highest BCUT2D eigenvalue weighted by Crippen LogP contribution is 2.15. The lowest BCUT2D eigenvalue weighted by Crippen LogP contribution is -2.23. The molecule has 0 spiro atoms. The highest BCUT2D eigenvalue weighted by Gasteiger charge is 2.02. The second-order valence-corrected chi connectivity index (χ2v) is 5.33. The molecule has 2 rings (SSSR count). The molecule has 0 radical (unpaired) electrons. The number of pyridine rings is 1. The second-order valence-electron chi connectivity index (χ2n) is 5.33. The number of hydrogen-bond donors (Lipinski definition) is 3. The van der Waals surface area contributed by atoms with Gasteiger partial charge in [-0.15, -0.1) is 0 Å². The maximum Gasteiger partial charge on any atom is 0.193 e. The van der Waals surface area contributed by atoms with Crippen molar-refractivity contribution in [2.75, 3.05) is 30.8 Å². The number of nitrogens with zero attached hydrogens (tertiary/aromatic N) is 2. The molecule has 0 fully saturated rings. The number of benzene rings is 1. The topological polar surface area (TPSA) is 84.6 Å². The van der Waals surface area contributed by atoms with Crippen LogP contribution in [0.25, 0.3) is 0 Å². The Kier molecular flexibility index (Phi) is 7.56. The van der Waals surface area contributed by atoms with Crippen molar-refractivity contribution in [2.24, 2.45) is 10.7 Å². The number of aliphatic imine (C=N–C) groups is 1. The summed E-state index contributed by atoms with van der Waals surface area (Å²) in [6, 6.07) is 13.7. The van der Waals surface area contributed by atoms with Gasteiger partial charge in [0.2, 0.25) is 0 Å². The molecule has 1 heterocycles. The monoisotopic (exact) mass is 327 g/mol. The fourth-order valence-corrected chi connectivity index (χ4v) is 2.22. The number of nitrogens with one attached hydrogen (secondary N) is 2. The summed E-state index contributed by atoms with van der Waals surface area (Å²) in [7, 11) is 1.67. The van der Waals surface area contributed by atoms with Gasteiger partial charge in [0.25, 0.3) is 0 Å². The SMILES string of the molecule is COCc1ccccc1NC(N)=NCCCCNc1ccccn1. The normalized spacial score (nSPS) is 11.3. The fraction of sp³-hybridized carbons (Fsp3) is 0.333. The van der Waals surface area contributed by atoms with Crippen molar-refractivity contribution >= 4 is 17.5 Å². The Hall–Kier alpha value is -2.60. The van der Waals surface area contributed by atoms with Gasteiger partial charge in [0.05, 0.1) is 6.61 Å². The van der Waals surface area contributed by atoms with E-state index in [-0.39, 0.29) is 0 Å². The van der Waals surface area contributed by atoms with Gasteiger partial charge in [-0.25, -0.2) is 4.98 Å². The predicted octanol–water partition coefficient (Wildman–Crippen LogP) is 2.85. The van der Waals surface area contributed by atoms with E-state index in [1.165, 1.54) is 0 Å². The minimum Gasteiger partial charge on any atom is -0.380 e. The second kappa shape index (κ2) is 10.2. The van der Waals surface area contributed by atoms with Crippen LogP contribution in [-0.4, -0.2) is 31.1 Å². The fourth-order valence-electron chi connectivity index (χ4n) is 2.22. The van der Waals surface area contributed by atoms with Crippen molar-refractivity contribution in [3.8, 4) is 0 Å². The van der Waals surface area contributed by atoms with E-state index in [1.807, 2.05) is 42.5 Å². The molecule has 128 valence electrons. The van der Waals surface area contributed by atoms with Gasteiger partial charge in [-0.2, -0.15) is 0 Å². The first-order chi connectivity index (χ1) is 11.8. The van der Waals surface area contributed by atoms with Crippen molar-refractivity contribution in [1.29, 1.82) is 0 Å². The van der Waals surface area contributed by atoms with Gasteiger partial charge in [-0.05, 0) is 31.0 Å².